The number of pyridine rings is 1. The van der Waals surface area contributed by atoms with Crippen LogP contribution in [0.5, 0.6) is 0 Å². The molecule has 112 valence electrons. The second-order valence-corrected chi connectivity index (χ2v) is 6.79. The minimum Gasteiger partial charge on any atom is -0.383 e. The van der Waals surface area contributed by atoms with Gasteiger partial charge in [0, 0.05) is 36.6 Å². The van der Waals surface area contributed by atoms with Crippen LogP contribution in [0.4, 0.5) is 0 Å². The molecular formula is C16H25BrN2O. The molecule has 2 rings (SSSR count). The Labute approximate surface area is 130 Å². The van der Waals surface area contributed by atoms with E-state index >= 15 is 0 Å². The molecule has 1 aliphatic rings. The number of hydrogen-bond acceptors (Lipinski definition) is 3. The number of rotatable bonds is 7. The molecule has 1 aliphatic carbocycles. The third kappa shape index (κ3) is 4.83. The van der Waals surface area contributed by atoms with Crippen molar-refractivity contribution < 1.29 is 4.74 Å². The molecular weight excluding hydrogens is 316 g/mol. The number of nitrogens with zero attached hydrogens (tertiary/aromatic N) is 1. The first kappa shape index (κ1) is 15.9. The van der Waals surface area contributed by atoms with Gasteiger partial charge in [-0.2, -0.15) is 0 Å². The van der Waals surface area contributed by atoms with Gasteiger partial charge in [-0.1, -0.05) is 19.3 Å². The summed E-state index contributed by atoms with van der Waals surface area (Å²) in [5.74, 6) is 0. The van der Waals surface area contributed by atoms with E-state index in [9.17, 15) is 0 Å². The van der Waals surface area contributed by atoms with Crippen LogP contribution in [0.25, 0.3) is 0 Å². The molecule has 1 saturated carbocycles. The van der Waals surface area contributed by atoms with Gasteiger partial charge < -0.3 is 10.1 Å². The third-order valence-electron chi connectivity index (χ3n) is 4.24. The minimum atomic E-state index is 0.382. The molecule has 0 aromatic carbocycles. The van der Waals surface area contributed by atoms with E-state index < -0.39 is 0 Å². The van der Waals surface area contributed by atoms with Crippen LogP contribution in [0.1, 0.15) is 37.8 Å². The predicted octanol–water partition coefficient (Wildman–Crippen LogP) is 3.57. The Morgan fingerprint density at radius 1 is 1.30 bits per heavy atom. The Hall–Kier alpha value is -0.450. The summed E-state index contributed by atoms with van der Waals surface area (Å²) in [6.45, 7) is 2.80. The molecule has 1 aromatic heterocycles. The van der Waals surface area contributed by atoms with Gasteiger partial charge in [0.05, 0.1) is 6.61 Å². The van der Waals surface area contributed by atoms with Crippen LogP contribution in [0.3, 0.4) is 0 Å². The van der Waals surface area contributed by atoms with Crippen LogP contribution in [0, 0.1) is 5.41 Å². The predicted molar refractivity (Wildman–Crippen MR) is 85.9 cm³/mol. The van der Waals surface area contributed by atoms with Gasteiger partial charge in [-0.05, 0) is 52.7 Å². The Kier molecular flexibility index (Phi) is 6.46. The van der Waals surface area contributed by atoms with Gasteiger partial charge in [0.1, 0.15) is 0 Å². The lowest BCUT2D eigenvalue weighted by Crippen LogP contribution is -2.39. The van der Waals surface area contributed by atoms with E-state index in [1.807, 2.05) is 6.20 Å². The average Bonchev–Trinajstić information content (AvgIpc) is 2.47. The van der Waals surface area contributed by atoms with Gasteiger partial charge >= 0.3 is 0 Å². The van der Waals surface area contributed by atoms with Gasteiger partial charge in [0.2, 0.25) is 0 Å². The van der Waals surface area contributed by atoms with Gasteiger partial charge in [-0.25, -0.2) is 0 Å². The molecule has 0 unspecified atom stereocenters. The average molecular weight is 341 g/mol. The molecule has 3 nitrogen and oxygen atoms in total. The van der Waals surface area contributed by atoms with E-state index in [1.54, 1.807) is 7.11 Å². The zero-order valence-corrected chi connectivity index (χ0v) is 13.9. The van der Waals surface area contributed by atoms with Crippen LogP contribution < -0.4 is 5.32 Å². The quantitative estimate of drug-likeness (QED) is 0.770. The number of methoxy groups -OCH3 is 1. The van der Waals surface area contributed by atoms with Crippen LogP contribution in [0.15, 0.2) is 22.8 Å². The summed E-state index contributed by atoms with van der Waals surface area (Å²) in [5, 5.41) is 3.57. The number of ether oxygens (including phenoxy) is 1. The van der Waals surface area contributed by atoms with E-state index in [2.05, 4.69) is 38.4 Å². The van der Waals surface area contributed by atoms with Gasteiger partial charge in [-0.3, -0.25) is 4.98 Å². The summed E-state index contributed by atoms with van der Waals surface area (Å²) < 4.78 is 6.17. The first-order valence-electron chi connectivity index (χ1n) is 7.54. The van der Waals surface area contributed by atoms with Gasteiger partial charge in [0.25, 0.3) is 0 Å². The Morgan fingerprint density at radius 2 is 2.10 bits per heavy atom. The molecule has 1 N–H and O–H groups in total. The zero-order valence-electron chi connectivity index (χ0n) is 12.3. The van der Waals surface area contributed by atoms with Crippen molar-refractivity contribution in [2.45, 2.75) is 38.5 Å². The monoisotopic (exact) mass is 340 g/mol. The van der Waals surface area contributed by atoms with Crippen molar-refractivity contribution in [2.75, 3.05) is 26.8 Å². The molecule has 0 spiro atoms. The highest BCUT2D eigenvalue weighted by Crippen LogP contribution is 2.38. The molecule has 1 fully saturated rings. The third-order valence-corrected chi connectivity index (χ3v) is 4.71. The number of hydrogen-bond donors (Lipinski definition) is 1. The molecule has 1 heterocycles. The maximum atomic E-state index is 5.12. The Morgan fingerprint density at radius 3 is 2.75 bits per heavy atom. The van der Waals surface area contributed by atoms with Crippen molar-refractivity contribution in [1.82, 2.24) is 10.3 Å². The summed E-state index contributed by atoms with van der Waals surface area (Å²) in [4.78, 5) is 4.56. The number of aromatic nitrogens is 1. The van der Waals surface area contributed by atoms with Crippen molar-refractivity contribution in [2.24, 2.45) is 5.41 Å². The van der Waals surface area contributed by atoms with E-state index in [4.69, 9.17) is 4.74 Å². The summed E-state index contributed by atoms with van der Waals surface area (Å²) >= 11 is 3.45. The number of halogens is 1. The van der Waals surface area contributed by atoms with Crippen molar-refractivity contribution in [3.63, 3.8) is 0 Å². The Balaban J connectivity index is 1.96. The molecule has 0 amide bonds. The standard InChI is InChI=1S/C16H25BrN2O/c1-20-10-9-18-13-16(7-3-2-4-8-16)11-15-6-5-14(17)12-19-15/h5-6,12,18H,2-4,7-11,13H2,1H3. The second-order valence-electron chi connectivity index (χ2n) is 5.87. The lowest BCUT2D eigenvalue weighted by molar-refractivity contribution is 0.161. The molecule has 0 aliphatic heterocycles. The first-order valence-corrected chi connectivity index (χ1v) is 8.33. The summed E-state index contributed by atoms with van der Waals surface area (Å²) in [6.07, 6.45) is 9.69. The van der Waals surface area contributed by atoms with Crippen molar-refractivity contribution in [3.8, 4) is 0 Å². The van der Waals surface area contributed by atoms with Crippen molar-refractivity contribution in [3.05, 3.63) is 28.5 Å². The van der Waals surface area contributed by atoms with Crippen LogP contribution >= 0.6 is 15.9 Å². The zero-order chi connectivity index (χ0) is 14.3. The topological polar surface area (TPSA) is 34.1 Å². The van der Waals surface area contributed by atoms with Crippen LogP contribution in [-0.2, 0) is 11.2 Å². The van der Waals surface area contributed by atoms with E-state index in [1.165, 1.54) is 37.8 Å². The normalized spacial score (nSPS) is 18.1. The van der Waals surface area contributed by atoms with Crippen molar-refractivity contribution >= 4 is 15.9 Å². The highest BCUT2D eigenvalue weighted by Gasteiger charge is 2.32. The Bertz CT molecular complexity index is 388. The molecule has 0 radical (unpaired) electrons. The lowest BCUT2D eigenvalue weighted by Gasteiger charge is -2.37. The molecule has 0 bridgehead atoms. The smallest absolute Gasteiger partial charge is 0.0587 e. The SMILES string of the molecule is COCCNCC1(Cc2ccc(Br)cn2)CCCCC1. The molecule has 0 saturated heterocycles. The molecule has 4 heteroatoms. The molecule has 1 aromatic rings. The summed E-state index contributed by atoms with van der Waals surface area (Å²) in [7, 11) is 1.75. The van der Waals surface area contributed by atoms with Gasteiger partial charge in [0.15, 0.2) is 0 Å². The number of nitrogens with one attached hydrogen (secondary N) is 1. The fourth-order valence-corrected chi connectivity index (χ4v) is 3.38. The summed E-state index contributed by atoms with van der Waals surface area (Å²) in [6, 6.07) is 4.24. The van der Waals surface area contributed by atoms with E-state index in [0.717, 1.165) is 30.6 Å². The maximum Gasteiger partial charge on any atom is 0.0587 e. The highest BCUT2D eigenvalue weighted by molar-refractivity contribution is 9.10. The largest absolute Gasteiger partial charge is 0.383 e. The van der Waals surface area contributed by atoms with E-state index in [0.29, 0.717) is 5.41 Å². The fraction of sp³-hybridized carbons (Fsp3) is 0.688. The van der Waals surface area contributed by atoms with Crippen LogP contribution in [-0.4, -0.2) is 31.8 Å². The first-order chi connectivity index (χ1) is 9.74. The second kappa shape index (κ2) is 8.11. The molecule has 20 heavy (non-hydrogen) atoms. The van der Waals surface area contributed by atoms with Gasteiger partial charge in [-0.15, -0.1) is 0 Å². The minimum absolute atomic E-state index is 0.382. The van der Waals surface area contributed by atoms with E-state index in [-0.39, 0.29) is 0 Å². The van der Waals surface area contributed by atoms with Crippen molar-refractivity contribution in [1.29, 1.82) is 0 Å². The maximum absolute atomic E-state index is 5.12. The molecule has 0 atom stereocenters. The fourth-order valence-electron chi connectivity index (χ4n) is 3.14. The highest BCUT2D eigenvalue weighted by atomic mass is 79.9. The van der Waals surface area contributed by atoms with Crippen LogP contribution in [0.2, 0.25) is 0 Å². The lowest BCUT2D eigenvalue weighted by atomic mass is 9.71. The summed E-state index contributed by atoms with van der Waals surface area (Å²) in [5.41, 5.74) is 1.59.